The van der Waals surface area contributed by atoms with Crippen molar-refractivity contribution < 1.29 is 18.3 Å². The minimum absolute atomic E-state index is 0.107. The Morgan fingerprint density at radius 3 is 2.30 bits per heavy atom. The number of hydrogen-bond acceptors (Lipinski definition) is 4. The second-order valence-corrected chi connectivity index (χ2v) is 4.02. The molecule has 0 radical (unpaired) electrons. The van der Waals surface area contributed by atoms with E-state index in [-0.39, 0.29) is 5.75 Å². The molecule has 0 fully saturated rings. The van der Waals surface area contributed by atoms with Crippen LogP contribution in [0.2, 0.25) is 0 Å². The first kappa shape index (κ1) is 13.9. The van der Waals surface area contributed by atoms with Gasteiger partial charge in [0.1, 0.15) is 11.5 Å². The van der Waals surface area contributed by atoms with Crippen molar-refractivity contribution in [3.05, 3.63) is 42.5 Å². The van der Waals surface area contributed by atoms with Gasteiger partial charge in [-0.1, -0.05) is 0 Å². The zero-order chi connectivity index (χ0) is 14.5. The summed E-state index contributed by atoms with van der Waals surface area (Å²) in [6.45, 7) is -2.83. The molecule has 0 unspecified atom stereocenters. The Labute approximate surface area is 115 Å². The van der Waals surface area contributed by atoms with Crippen molar-refractivity contribution in [2.24, 2.45) is 0 Å². The van der Waals surface area contributed by atoms with Gasteiger partial charge >= 0.3 is 6.61 Å². The lowest BCUT2D eigenvalue weighted by Gasteiger charge is -2.10. The summed E-state index contributed by atoms with van der Waals surface area (Å²) < 4.78 is 33.4. The van der Waals surface area contributed by atoms with E-state index in [2.05, 4.69) is 10.1 Å². The van der Waals surface area contributed by atoms with Crippen LogP contribution in [0.15, 0.2) is 42.5 Å². The maximum Gasteiger partial charge on any atom is 0.387 e. The molecule has 0 aliphatic rings. The fourth-order valence-electron chi connectivity index (χ4n) is 1.70. The van der Waals surface area contributed by atoms with Crippen LogP contribution in [-0.2, 0) is 0 Å². The van der Waals surface area contributed by atoms with Crippen LogP contribution in [0.1, 0.15) is 0 Å². The maximum absolute atomic E-state index is 12.0. The van der Waals surface area contributed by atoms with E-state index in [1.165, 1.54) is 12.1 Å². The average Bonchev–Trinajstić information content (AvgIpc) is 2.39. The summed E-state index contributed by atoms with van der Waals surface area (Å²) in [6.07, 6.45) is 0. The lowest BCUT2D eigenvalue weighted by atomic mass is 10.2. The quantitative estimate of drug-likeness (QED) is 0.821. The van der Waals surface area contributed by atoms with Gasteiger partial charge in [-0.2, -0.15) is 8.78 Å². The predicted octanol–water partition coefficient (Wildman–Crippen LogP) is 3.62. The van der Waals surface area contributed by atoms with Crippen LogP contribution >= 0.6 is 0 Å². The van der Waals surface area contributed by atoms with Gasteiger partial charge in [-0.15, -0.1) is 0 Å². The first-order valence-electron chi connectivity index (χ1n) is 5.83. The Bertz CT molecular complexity index is 574. The summed E-state index contributed by atoms with van der Waals surface area (Å²) in [6, 6.07) is 11.4. The van der Waals surface area contributed by atoms with Crippen LogP contribution in [0, 0.1) is 0 Å². The smallest absolute Gasteiger partial charge is 0.387 e. The second kappa shape index (κ2) is 6.10. The molecule has 0 aliphatic carbocycles. The molecule has 0 amide bonds. The van der Waals surface area contributed by atoms with Gasteiger partial charge in [0.2, 0.25) is 0 Å². The molecule has 0 heterocycles. The van der Waals surface area contributed by atoms with Gasteiger partial charge in [0, 0.05) is 29.2 Å². The third-order valence-corrected chi connectivity index (χ3v) is 2.53. The van der Waals surface area contributed by atoms with Gasteiger partial charge in [-0.05, 0) is 30.3 Å². The van der Waals surface area contributed by atoms with E-state index >= 15 is 0 Å². The number of nitrogens with two attached hydrogens (primary N) is 1. The van der Waals surface area contributed by atoms with Crippen molar-refractivity contribution in [1.29, 1.82) is 0 Å². The summed E-state index contributed by atoms with van der Waals surface area (Å²) >= 11 is 0. The van der Waals surface area contributed by atoms with Gasteiger partial charge < -0.3 is 20.5 Å². The molecule has 3 N–H and O–H groups in total. The molecule has 2 rings (SSSR count). The van der Waals surface area contributed by atoms with Crippen LogP contribution in [0.5, 0.6) is 11.5 Å². The molecule has 0 aliphatic heterocycles. The monoisotopic (exact) mass is 280 g/mol. The van der Waals surface area contributed by atoms with Crippen LogP contribution in [0.4, 0.5) is 25.8 Å². The molecule has 2 aromatic rings. The van der Waals surface area contributed by atoms with Crippen molar-refractivity contribution in [3.63, 3.8) is 0 Å². The molecule has 0 saturated carbocycles. The van der Waals surface area contributed by atoms with E-state index in [4.69, 9.17) is 10.5 Å². The highest BCUT2D eigenvalue weighted by Gasteiger charge is 2.04. The number of hydrogen-bond donors (Lipinski definition) is 2. The van der Waals surface area contributed by atoms with Crippen molar-refractivity contribution in [2.75, 3.05) is 18.2 Å². The fraction of sp³-hybridized carbons (Fsp3) is 0.143. The van der Waals surface area contributed by atoms with E-state index in [0.29, 0.717) is 11.4 Å². The predicted molar refractivity (Wildman–Crippen MR) is 73.8 cm³/mol. The zero-order valence-electron chi connectivity index (χ0n) is 10.8. The Morgan fingerprint density at radius 1 is 1.00 bits per heavy atom. The summed E-state index contributed by atoms with van der Waals surface area (Å²) in [7, 11) is 1.55. The largest absolute Gasteiger partial charge is 0.497 e. The highest BCUT2D eigenvalue weighted by atomic mass is 19.3. The fourth-order valence-corrected chi connectivity index (χ4v) is 1.70. The highest BCUT2D eigenvalue weighted by Crippen LogP contribution is 2.26. The molecule has 2 aromatic carbocycles. The number of ether oxygens (including phenoxy) is 2. The third kappa shape index (κ3) is 3.74. The number of halogens is 2. The molecule has 106 valence electrons. The number of benzene rings is 2. The molecule has 0 bridgehead atoms. The van der Waals surface area contributed by atoms with Crippen LogP contribution in [0.25, 0.3) is 0 Å². The van der Waals surface area contributed by atoms with Gasteiger partial charge in [0.05, 0.1) is 7.11 Å². The van der Waals surface area contributed by atoms with Crippen molar-refractivity contribution in [3.8, 4) is 11.5 Å². The molecular weight excluding hydrogens is 266 g/mol. The molecule has 0 spiro atoms. The van der Waals surface area contributed by atoms with Crippen LogP contribution < -0.4 is 20.5 Å². The number of nitrogens with one attached hydrogen (secondary N) is 1. The van der Waals surface area contributed by atoms with Crippen LogP contribution in [0.3, 0.4) is 0 Å². The van der Waals surface area contributed by atoms with E-state index in [9.17, 15) is 8.78 Å². The molecule has 0 aromatic heterocycles. The number of nitrogen functional groups attached to an aromatic ring is 1. The van der Waals surface area contributed by atoms with Crippen molar-refractivity contribution in [1.82, 2.24) is 0 Å². The van der Waals surface area contributed by atoms with Gasteiger partial charge in [-0.25, -0.2) is 0 Å². The number of methoxy groups -OCH3 is 1. The van der Waals surface area contributed by atoms with Gasteiger partial charge in [-0.3, -0.25) is 0 Å². The Morgan fingerprint density at radius 2 is 1.70 bits per heavy atom. The Kier molecular flexibility index (Phi) is 4.24. The Hall–Kier alpha value is -2.50. The standard InChI is InChI=1S/C14H14F2N2O2/c1-19-13-7-9(17)6-11(8-13)18-10-2-4-12(5-3-10)20-14(15)16/h2-8,14,18H,17H2,1H3. The molecule has 4 nitrogen and oxygen atoms in total. The van der Waals surface area contributed by atoms with Gasteiger partial charge in [0.25, 0.3) is 0 Å². The number of rotatable bonds is 5. The SMILES string of the molecule is COc1cc(N)cc(Nc2ccc(OC(F)F)cc2)c1. The Balaban J connectivity index is 2.11. The molecule has 6 heteroatoms. The normalized spacial score (nSPS) is 10.4. The summed E-state index contributed by atoms with van der Waals surface area (Å²) in [5, 5.41) is 3.10. The minimum Gasteiger partial charge on any atom is -0.497 e. The number of anilines is 3. The average molecular weight is 280 g/mol. The minimum atomic E-state index is -2.83. The first-order chi connectivity index (χ1) is 9.56. The van der Waals surface area contributed by atoms with E-state index in [0.717, 1.165) is 11.4 Å². The maximum atomic E-state index is 12.0. The second-order valence-electron chi connectivity index (χ2n) is 4.02. The zero-order valence-corrected chi connectivity index (χ0v) is 10.8. The highest BCUT2D eigenvalue weighted by molar-refractivity contribution is 5.66. The van der Waals surface area contributed by atoms with Crippen molar-refractivity contribution in [2.45, 2.75) is 6.61 Å². The van der Waals surface area contributed by atoms with E-state index in [1.54, 1.807) is 37.4 Å². The summed E-state index contributed by atoms with van der Waals surface area (Å²) in [4.78, 5) is 0. The molecule has 0 atom stereocenters. The third-order valence-electron chi connectivity index (χ3n) is 2.53. The molecular formula is C14H14F2N2O2. The molecule has 20 heavy (non-hydrogen) atoms. The molecule has 0 saturated heterocycles. The topological polar surface area (TPSA) is 56.5 Å². The van der Waals surface area contributed by atoms with E-state index in [1.807, 2.05) is 0 Å². The lowest BCUT2D eigenvalue weighted by molar-refractivity contribution is -0.0498. The summed E-state index contributed by atoms with van der Waals surface area (Å²) in [5.41, 5.74) is 7.77. The summed E-state index contributed by atoms with van der Waals surface area (Å²) in [5.74, 6) is 0.737. The van der Waals surface area contributed by atoms with E-state index < -0.39 is 6.61 Å². The van der Waals surface area contributed by atoms with Crippen LogP contribution in [-0.4, -0.2) is 13.7 Å². The first-order valence-corrected chi connectivity index (χ1v) is 5.83. The lowest BCUT2D eigenvalue weighted by Crippen LogP contribution is -2.01. The van der Waals surface area contributed by atoms with Crippen molar-refractivity contribution >= 4 is 17.1 Å². The number of alkyl halides is 2. The van der Waals surface area contributed by atoms with Gasteiger partial charge in [0.15, 0.2) is 0 Å².